The lowest BCUT2D eigenvalue weighted by Crippen LogP contribution is -2.42. The predicted molar refractivity (Wildman–Crippen MR) is 71.7 cm³/mol. The lowest BCUT2D eigenvalue weighted by atomic mass is 10.0. The molecule has 1 aromatic rings. The van der Waals surface area contributed by atoms with Crippen LogP contribution in [0.4, 0.5) is 5.69 Å². The van der Waals surface area contributed by atoms with Gasteiger partial charge < -0.3 is 16.0 Å². The van der Waals surface area contributed by atoms with Crippen molar-refractivity contribution < 1.29 is 4.79 Å². The van der Waals surface area contributed by atoms with E-state index in [2.05, 4.69) is 15.2 Å². The van der Waals surface area contributed by atoms with Gasteiger partial charge in [0.05, 0.1) is 0 Å². The molecule has 2 rings (SSSR count). The number of carbonyl (C=O) groups excluding carboxylic acids is 1. The zero-order valence-electron chi connectivity index (χ0n) is 10.7. The standard InChI is InChI=1S/C13H20N4O/c1-17(9-10-4-2-3-6-15-10)11-5-7-16-12(8-11)13(14)18/h5,7-8,10,15H,2-4,6,9H2,1H3,(H2,14,18). The van der Waals surface area contributed by atoms with Crippen LogP contribution in [0, 0.1) is 0 Å². The summed E-state index contributed by atoms with van der Waals surface area (Å²) >= 11 is 0. The summed E-state index contributed by atoms with van der Waals surface area (Å²) in [5, 5.41) is 3.51. The highest BCUT2D eigenvalue weighted by Crippen LogP contribution is 2.15. The average molecular weight is 248 g/mol. The second-order valence-corrected chi connectivity index (χ2v) is 4.79. The molecule has 1 aliphatic rings. The molecule has 1 saturated heterocycles. The van der Waals surface area contributed by atoms with Crippen LogP contribution in [0.3, 0.4) is 0 Å². The van der Waals surface area contributed by atoms with Crippen LogP contribution in [-0.4, -0.2) is 37.1 Å². The number of rotatable bonds is 4. The van der Waals surface area contributed by atoms with E-state index in [1.807, 2.05) is 13.1 Å². The summed E-state index contributed by atoms with van der Waals surface area (Å²) in [6, 6.07) is 4.16. The fourth-order valence-corrected chi connectivity index (χ4v) is 2.31. The molecule has 5 heteroatoms. The van der Waals surface area contributed by atoms with E-state index < -0.39 is 5.91 Å². The van der Waals surface area contributed by atoms with Crippen LogP contribution in [0.2, 0.25) is 0 Å². The van der Waals surface area contributed by atoms with Crippen molar-refractivity contribution >= 4 is 11.6 Å². The summed E-state index contributed by atoms with van der Waals surface area (Å²) in [7, 11) is 2.02. The van der Waals surface area contributed by atoms with Crippen LogP contribution < -0.4 is 16.0 Å². The molecule has 2 heterocycles. The van der Waals surface area contributed by atoms with Gasteiger partial charge in [-0.25, -0.2) is 0 Å². The maximum Gasteiger partial charge on any atom is 0.267 e. The number of carbonyl (C=O) groups is 1. The fraction of sp³-hybridized carbons (Fsp3) is 0.538. The molecule has 0 saturated carbocycles. The van der Waals surface area contributed by atoms with Gasteiger partial charge in [0.1, 0.15) is 5.69 Å². The Balaban J connectivity index is 2.01. The largest absolute Gasteiger partial charge is 0.373 e. The smallest absolute Gasteiger partial charge is 0.267 e. The Kier molecular flexibility index (Phi) is 4.15. The van der Waals surface area contributed by atoms with Gasteiger partial charge in [0, 0.05) is 31.5 Å². The van der Waals surface area contributed by atoms with Crippen molar-refractivity contribution in [2.45, 2.75) is 25.3 Å². The first-order chi connectivity index (χ1) is 8.66. The second kappa shape index (κ2) is 5.82. The van der Waals surface area contributed by atoms with E-state index in [1.54, 1.807) is 12.3 Å². The molecular formula is C13H20N4O. The Hall–Kier alpha value is -1.62. The average Bonchev–Trinajstić information content (AvgIpc) is 2.40. The van der Waals surface area contributed by atoms with Gasteiger partial charge in [-0.2, -0.15) is 0 Å². The van der Waals surface area contributed by atoms with Gasteiger partial charge in [0.2, 0.25) is 0 Å². The van der Waals surface area contributed by atoms with Gasteiger partial charge in [0.25, 0.3) is 5.91 Å². The highest BCUT2D eigenvalue weighted by molar-refractivity contribution is 5.91. The number of nitrogens with zero attached hydrogens (tertiary/aromatic N) is 2. The molecule has 1 atom stereocenters. The van der Waals surface area contributed by atoms with Crippen LogP contribution in [-0.2, 0) is 0 Å². The number of anilines is 1. The third-order valence-corrected chi connectivity index (χ3v) is 3.34. The number of nitrogens with two attached hydrogens (primary N) is 1. The molecule has 5 nitrogen and oxygen atoms in total. The monoisotopic (exact) mass is 248 g/mol. The minimum Gasteiger partial charge on any atom is -0.373 e. The summed E-state index contributed by atoms with van der Waals surface area (Å²) in [6.45, 7) is 2.03. The molecule has 0 aromatic carbocycles. The molecule has 0 aliphatic carbocycles. The Morgan fingerprint density at radius 1 is 1.61 bits per heavy atom. The fourth-order valence-electron chi connectivity index (χ4n) is 2.31. The second-order valence-electron chi connectivity index (χ2n) is 4.79. The highest BCUT2D eigenvalue weighted by Gasteiger charge is 2.15. The molecule has 1 unspecified atom stereocenters. The zero-order chi connectivity index (χ0) is 13.0. The van der Waals surface area contributed by atoms with E-state index >= 15 is 0 Å². The summed E-state index contributed by atoms with van der Waals surface area (Å²) in [6.07, 6.45) is 5.38. The quantitative estimate of drug-likeness (QED) is 0.825. The summed E-state index contributed by atoms with van der Waals surface area (Å²) < 4.78 is 0. The van der Waals surface area contributed by atoms with Crippen LogP contribution in [0.1, 0.15) is 29.8 Å². The Bertz CT molecular complexity index is 415. The van der Waals surface area contributed by atoms with Crippen molar-refractivity contribution in [3.8, 4) is 0 Å². The molecule has 1 aliphatic heterocycles. The van der Waals surface area contributed by atoms with Crippen molar-refractivity contribution in [1.82, 2.24) is 10.3 Å². The molecule has 98 valence electrons. The highest BCUT2D eigenvalue weighted by atomic mass is 16.1. The van der Waals surface area contributed by atoms with E-state index in [0.29, 0.717) is 11.7 Å². The van der Waals surface area contributed by atoms with Gasteiger partial charge >= 0.3 is 0 Å². The Morgan fingerprint density at radius 3 is 3.11 bits per heavy atom. The third-order valence-electron chi connectivity index (χ3n) is 3.34. The number of aromatic nitrogens is 1. The molecular weight excluding hydrogens is 228 g/mol. The maximum absolute atomic E-state index is 11.1. The first-order valence-corrected chi connectivity index (χ1v) is 6.37. The third kappa shape index (κ3) is 3.20. The molecule has 1 fully saturated rings. The first-order valence-electron chi connectivity index (χ1n) is 6.37. The van der Waals surface area contributed by atoms with Crippen LogP contribution in [0.25, 0.3) is 0 Å². The van der Waals surface area contributed by atoms with E-state index in [9.17, 15) is 4.79 Å². The number of piperidine rings is 1. The topological polar surface area (TPSA) is 71.2 Å². The normalized spacial score (nSPS) is 19.5. The molecule has 3 N–H and O–H groups in total. The maximum atomic E-state index is 11.1. The predicted octanol–water partition coefficient (Wildman–Crippen LogP) is 0.759. The summed E-state index contributed by atoms with van der Waals surface area (Å²) in [5.41, 5.74) is 6.53. The Labute approximate surface area is 107 Å². The minimum atomic E-state index is -0.485. The van der Waals surface area contributed by atoms with E-state index in [1.165, 1.54) is 19.3 Å². The number of nitrogens with one attached hydrogen (secondary N) is 1. The number of hydrogen-bond donors (Lipinski definition) is 2. The lowest BCUT2D eigenvalue weighted by Gasteiger charge is -2.29. The summed E-state index contributed by atoms with van der Waals surface area (Å²) in [5.74, 6) is -0.485. The minimum absolute atomic E-state index is 0.316. The summed E-state index contributed by atoms with van der Waals surface area (Å²) in [4.78, 5) is 17.2. The number of likely N-dealkylation sites (N-methyl/N-ethyl adjacent to an activating group) is 1. The zero-order valence-corrected chi connectivity index (χ0v) is 10.7. The van der Waals surface area contributed by atoms with Crippen molar-refractivity contribution in [1.29, 1.82) is 0 Å². The van der Waals surface area contributed by atoms with E-state index in [4.69, 9.17) is 5.73 Å². The van der Waals surface area contributed by atoms with Crippen LogP contribution in [0.15, 0.2) is 18.3 Å². The number of pyridine rings is 1. The molecule has 1 amide bonds. The van der Waals surface area contributed by atoms with Gasteiger partial charge in [0.15, 0.2) is 0 Å². The Morgan fingerprint density at radius 2 is 2.44 bits per heavy atom. The van der Waals surface area contributed by atoms with Gasteiger partial charge in [-0.05, 0) is 31.5 Å². The van der Waals surface area contributed by atoms with E-state index in [0.717, 1.165) is 18.8 Å². The van der Waals surface area contributed by atoms with Crippen molar-refractivity contribution in [2.24, 2.45) is 5.73 Å². The van der Waals surface area contributed by atoms with Crippen LogP contribution in [0.5, 0.6) is 0 Å². The first kappa shape index (κ1) is 12.8. The van der Waals surface area contributed by atoms with E-state index in [-0.39, 0.29) is 0 Å². The molecule has 0 spiro atoms. The molecule has 1 aromatic heterocycles. The van der Waals surface area contributed by atoms with Crippen LogP contribution >= 0.6 is 0 Å². The number of primary amides is 1. The molecule has 0 radical (unpaired) electrons. The van der Waals surface area contributed by atoms with Gasteiger partial charge in [-0.1, -0.05) is 6.42 Å². The number of amides is 1. The van der Waals surface area contributed by atoms with Gasteiger partial charge in [-0.3, -0.25) is 9.78 Å². The SMILES string of the molecule is CN(CC1CCCCN1)c1ccnc(C(N)=O)c1. The molecule has 18 heavy (non-hydrogen) atoms. The van der Waals surface area contributed by atoms with Gasteiger partial charge in [-0.15, -0.1) is 0 Å². The van der Waals surface area contributed by atoms with Crippen molar-refractivity contribution in [2.75, 3.05) is 25.0 Å². The van der Waals surface area contributed by atoms with Crippen molar-refractivity contribution in [3.63, 3.8) is 0 Å². The lowest BCUT2D eigenvalue weighted by molar-refractivity contribution is 0.0995. The molecule has 0 bridgehead atoms. The van der Waals surface area contributed by atoms with Crippen molar-refractivity contribution in [3.05, 3.63) is 24.0 Å². The number of hydrogen-bond acceptors (Lipinski definition) is 4.